The number of benzene rings is 9. The SMILES string of the molecule is CC1(C)c2ccccc2-c2cccc(-c3ccccc3-c3ccc(N(c4ccc(-c5ccccc5)c(-c5ccccc5)c4)c4ccc5c(c4)C4(CCCCC4)c4ccccc4-5)cc3)c21. The Morgan fingerprint density at radius 2 is 0.766 bits per heavy atom. The second kappa shape index (κ2) is 15.2. The van der Waals surface area contributed by atoms with Gasteiger partial charge >= 0.3 is 0 Å². The predicted octanol–water partition coefficient (Wildman–Crippen LogP) is 17.4. The summed E-state index contributed by atoms with van der Waals surface area (Å²) in [6.45, 7) is 4.77. The summed E-state index contributed by atoms with van der Waals surface area (Å²) < 4.78 is 0. The van der Waals surface area contributed by atoms with Gasteiger partial charge in [0.2, 0.25) is 0 Å². The third-order valence-corrected chi connectivity index (χ3v) is 14.9. The van der Waals surface area contributed by atoms with Crippen molar-refractivity contribution in [3.8, 4) is 66.8 Å². The number of hydrogen-bond acceptors (Lipinski definition) is 1. The summed E-state index contributed by atoms with van der Waals surface area (Å²) in [5.41, 5.74) is 24.6. The van der Waals surface area contributed by atoms with Gasteiger partial charge in [-0.3, -0.25) is 0 Å². The molecule has 9 aromatic rings. The minimum Gasteiger partial charge on any atom is -0.310 e. The Labute approximate surface area is 378 Å². The van der Waals surface area contributed by atoms with Crippen molar-refractivity contribution in [2.24, 2.45) is 0 Å². The quantitative estimate of drug-likeness (QED) is 0.155. The predicted molar refractivity (Wildman–Crippen MR) is 270 cm³/mol. The molecule has 1 saturated carbocycles. The van der Waals surface area contributed by atoms with Crippen LogP contribution in [0.1, 0.15) is 68.2 Å². The largest absolute Gasteiger partial charge is 0.310 e. The van der Waals surface area contributed by atoms with Crippen LogP contribution in [0.4, 0.5) is 17.1 Å². The number of fused-ring (bicyclic) bond motifs is 8. The number of rotatable bonds is 7. The van der Waals surface area contributed by atoms with Gasteiger partial charge in [-0.25, -0.2) is 0 Å². The van der Waals surface area contributed by atoms with Crippen molar-refractivity contribution < 1.29 is 0 Å². The van der Waals surface area contributed by atoms with Crippen LogP contribution in [0.3, 0.4) is 0 Å². The molecule has 1 fully saturated rings. The van der Waals surface area contributed by atoms with E-state index in [-0.39, 0.29) is 10.8 Å². The lowest BCUT2D eigenvalue weighted by atomic mass is 9.68. The maximum atomic E-state index is 2.55. The summed E-state index contributed by atoms with van der Waals surface area (Å²) in [5, 5.41) is 0. The zero-order chi connectivity index (χ0) is 42.8. The van der Waals surface area contributed by atoms with Crippen LogP contribution in [-0.2, 0) is 10.8 Å². The summed E-state index contributed by atoms with van der Waals surface area (Å²) in [4.78, 5) is 2.50. The maximum absolute atomic E-state index is 2.55. The van der Waals surface area contributed by atoms with Crippen molar-refractivity contribution in [1.82, 2.24) is 0 Å². The molecule has 0 aromatic heterocycles. The van der Waals surface area contributed by atoms with Gasteiger partial charge in [0.05, 0.1) is 0 Å². The van der Waals surface area contributed by atoms with E-state index in [9.17, 15) is 0 Å². The Morgan fingerprint density at radius 3 is 1.45 bits per heavy atom. The first kappa shape index (κ1) is 38.5. The molecule has 0 unspecified atom stereocenters. The zero-order valence-corrected chi connectivity index (χ0v) is 36.7. The van der Waals surface area contributed by atoms with Crippen molar-refractivity contribution in [1.29, 1.82) is 0 Å². The summed E-state index contributed by atoms with van der Waals surface area (Å²) in [6, 6.07) is 79.5. The lowest BCUT2D eigenvalue weighted by molar-refractivity contribution is 0.353. The summed E-state index contributed by atoms with van der Waals surface area (Å²) in [5.74, 6) is 0. The van der Waals surface area contributed by atoms with E-state index in [1.807, 2.05) is 0 Å². The Bertz CT molecular complexity index is 3200. The van der Waals surface area contributed by atoms with E-state index in [2.05, 4.69) is 231 Å². The molecule has 3 aliphatic carbocycles. The van der Waals surface area contributed by atoms with Crippen molar-refractivity contribution >= 4 is 17.1 Å². The molecule has 1 spiro atoms. The molecule has 9 aromatic carbocycles. The molecule has 0 radical (unpaired) electrons. The molecule has 3 aliphatic rings. The van der Waals surface area contributed by atoms with E-state index in [0.717, 1.165) is 11.4 Å². The fraction of sp³-hybridized carbons (Fsp3) is 0.143. The molecule has 0 heterocycles. The highest BCUT2D eigenvalue weighted by Crippen LogP contribution is 2.57. The van der Waals surface area contributed by atoms with E-state index < -0.39 is 0 Å². The van der Waals surface area contributed by atoms with E-state index >= 15 is 0 Å². The van der Waals surface area contributed by atoms with Crippen molar-refractivity contribution in [2.75, 3.05) is 4.90 Å². The van der Waals surface area contributed by atoms with Crippen molar-refractivity contribution in [2.45, 2.75) is 56.8 Å². The molecular weight excluding hydrogens is 771 g/mol. The van der Waals surface area contributed by atoms with E-state index in [0.29, 0.717) is 0 Å². The average Bonchev–Trinajstić information content (AvgIpc) is 3.76. The first-order valence-corrected chi connectivity index (χ1v) is 23.2. The summed E-state index contributed by atoms with van der Waals surface area (Å²) in [6.07, 6.45) is 6.25. The van der Waals surface area contributed by atoms with Gasteiger partial charge in [0.15, 0.2) is 0 Å². The highest BCUT2D eigenvalue weighted by atomic mass is 15.1. The van der Waals surface area contributed by atoms with Gasteiger partial charge in [-0.1, -0.05) is 209 Å². The maximum Gasteiger partial charge on any atom is 0.0468 e. The molecule has 1 heteroatoms. The van der Waals surface area contributed by atoms with Crippen LogP contribution >= 0.6 is 0 Å². The number of hydrogen-bond donors (Lipinski definition) is 0. The molecule has 0 atom stereocenters. The molecule has 64 heavy (non-hydrogen) atoms. The molecule has 0 bridgehead atoms. The minimum atomic E-state index is -0.109. The second-order valence-corrected chi connectivity index (χ2v) is 18.7. The number of nitrogens with zero attached hydrogens (tertiary/aromatic N) is 1. The van der Waals surface area contributed by atoms with Crippen LogP contribution in [0.2, 0.25) is 0 Å². The Kier molecular flexibility index (Phi) is 9.16. The normalized spacial score (nSPS) is 15.0. The highest BCUT2D eigenvalue weighted by molar-refractivity contribution is 5.94. The van der Waals surface area contributed by atoms with Crippen LogP contribution in [0, 0.1) is 0 Å². The second-order valence-electron chi connectivity index (χ2n) is 18.7. The summed E-state index contributed by atoms with van der Waals surface area (Å²) in [7, 11) is 0. The molecule has 1 nitrogen and oxygen atoms in total. The standard InChI is InChI=1S/C63H51N/c1-62(2)58-29-14-12-26-53(58)56-28-18-27-55(61(56)62)51-24-11-10-23-49(51)45-31-33-46(34-32-45)64(47-35-37-50(43-19-6-3-7-20-43)57(41-47)44-21-8-4-9-22-44)48-36-38-54-52-25-13-15-30-59(52)63(60(54)42-48)39-16-5-17-40-63/h3-4,6-15,18-38,41-42H,5,16-17,39-40H2,1-2H3. The first-order chi connectivity index (χ1) is 31.5. The van der Waals surface area contributed by atoms with Gasteiger partial charge in [0.1, 0.15) is 0 Å². The van der Waals surface area contributed by atoms with Gasteiger partial charge < -0.3 is 4.90 Å². The molecule has 0 amide bonds. The smallest absolute Gasteiger partial charge is 0.0468 e. The van der Waals surface area contributed by atoms with Gasteiger partial charge in [-0.05, 0) is 138 Å². The summed E-state index contributed by atoms with van der Waals surface area (Å²) >= 11 is 0. The van der Waals surface area contributed by atoms with Crippen molar-refractivity contribution in [3.05, 3.63) is 235 Å². The molecule has 308 valence electrons. The Hall–Kier alpha value is -7.22. The third-order valence-electron chi connectivity index (χ3n) is 14.9. The topological polar surface area (TPSA) is 3.24 Å². The van der Waals surface area contributed by atoms with Gasteiger partial charge in [-0.15, -0.1) is 0 Å². The molecule has 0 N–H and O–H groups in total. The van der Waals surface area contributed by atoms with Crippen LogP contribution < -0.4 is 4.90 Å². The van der Waals surface area contributed by atoms with E-state index in [1.165, 1.54) is 127 Å². The van der Waals surface area contributed by atoms with E-state index in [1.54, 1.807) is 0 Å². The molecular formula is C63H51N. The Balaban J connectivity index is 1.02. The minimum absolute atomic E-state index is 0.0549. The molecule has 12 rings (SSSR count). The average molecular weight is 822 g/mol. The monoisotopic (exact) mass is 821 g/mol. The van der Waals surface area contributed by atoms with Crippen molar-refractivity contribution in [3.63, 3.8) is 0 Å². The van der Waals surface area contributed by atoms with E-state index in [4.69, 9.17) is 0 Å². The van der Waals surface area contributed by atoms with Crippen LogP contribution in [0.5, 0.6) is 0 Å². The lowest BCUT2D eigenvalue weighted by Crippen LogP contribution is -2.28. The van der Waals surface area contributed by atoms with Gasteiger partial charge in [0, 0.05) is 27.9 Å². The third kappa shape index (κ3) is 6.05. The number of anilines is 3. The molecule has 0 aliphatic heterocycles. The highest BCUT2D eigenvalue weighted by Gasteiger charge is 2.44. The first-order valence-electron chi connectivity index (χ1n) is 23.2. The van der Waals surface area contributed by atoms with Crippen LogP contribution in [0.25, 0.3) is 66.8 Å². The zero-order valence-electron chi connectivity index (χ0n) is 36.7. The van der Waals surface area contributed by atoms with Crippen LogP contribution in [0.15, 0.2) is 212 Å². The fourth-order valence-corrected chi connectivity index (χ4v) is 12.0. The Morgan fingerprint density at radius 1 is 0.312 bits per heavy atom. The van der Waals surface area contributed by atoms with Gasteiger partial charge in [-0.2, -0.15) is 0 Å². The van der Waals surface area contributed by atoms with Gasteiger partial charge in [0.25, 0.3) is 0 Å². The molecule has 0 saturated heterocycles. The fourth-order valence-electron chi connectivity index (χ4n) is 12.0. The van der Waals surface area contributed by atoms with Crippen LogP contribution in [-0.4, -0.2) is 0 Å². The lowest BCUT2D eigenvalue weighted by Gasteiger charge is -2.36.